The van der Waals surface area contributed by atoms with Crippen LogP contribution in [-0.4, -0.2) is 20.9 Å². The van der Waals surface area contributed by atoms with Crippen LogP contribution in [0.25, 0.3) is 0 Å². The van der Waals surface area contributed by atoms with Crippen molar-refractivity contribution in [2.24, 2.45) is 0 Å². The number of hydrogen-bond acceptors (Lipinski definition) is 8. The van der Waals surface area contributed by atoms with E-state index in [-0.39, 0.29) is 5.82 Å². The molecule has 3 rings (SSSR count). The van der Waals surface area contributed by atoms with Crippen LogP contribution in [0.1, 0.15) is 17.6 Å². The third-order valence-corrected chi connectivity index (χ3v) is 6.75. The molecule has 0 saturated carbocycles. The predicted octanol–water partition coefficient (Wildman–Crippen LogP) is 5.12. The molecule has 0 bridgehead atoms. The lowest BCUT2D eigenvalue weighted by Gasteiger charge is -2.03. The van der Waals surface area contributed by atoms with E-state index in [4.69, 9.17) is 4.74 Å². The van der Waals surface area contributed by atoms with Crippen LogP contribution in [0.2, 0.25) is 0 Å². The molecular formula is C15H14FN3OS4. The molecule has 0 radical (unpaired) electrons. The van der Waals surface area contributed by atoms with Gasteiger partial charge in [0.1, 0.15) is 23.2 Å². The van der Waals surface area contributed by atoms with Crippen LogP contribution in [-0.2, 0) is 12.4 Å². The number of rotatable bonds is 8. The van der Waals surface area contributed by atoms with Gasteiger partial charge in [-0.1, -0.05) is 41.8 Å². The molecule has 0 fully saturated rings. The van der Waals surface area contributed by atoms with Gasteiger partial charge < -0.3 is 4.74 Å². The van der Waals surface area contributed by atoms with Crippen molar-refractivity contribution >= 4 is 46.2 Å². The fourth-order valence-electron chi connectivity index (χ4n) is 1.73. The summed E-state index contributed by atoms with van der Waals surface area (Å²) in [7, 11) is 0. The summed E-state index contributed by atoms with van der Waals surface area (Å²) < 4.78 is 20.4. The molecule has 2 aromatic heterocycles. The van der Waals surface area contributed by atoms with Gasteiger partial charge in [0.05, 0.1) is 5.69 Å². The Morgan fingerprint density at radius 1 is 1.12 bits per heavy atom. The van der Waals surface area contributed by atoms with Gasteiger partial charge in [-0.25, -0.2) is 9.37 Å². The number of thioether (sulfide) groups is 2. The Bertz CT molecular complexity index is 775. The molecule has 0 unspecified atom stereocenters. The van der Waals surface area contributed by atoms with Crippen molar-refractivity contribution in [3.05, 3.63) is 46.2 Å². The Morgan fingerprint density at radius 2 is 1.88 bits per heavy atom. The lowest BCUT2D eigenvalue weighted by Crippen LogP contribution is -1.95. The highest BCUT2D eigenvalue weighted by atomic mass is 32.2. The summed E-state index contributed by atoms with van der Waals surface area (Å²) in [6.45, 7) is 2.49. The topological polar surface area (TPSA) is 47.9 Å². The first kappa shape index (κ1) is 17.7. The molecule has 0 aliphatic heterocycles. The molecule has 24 heavy (non-hydrogen) atoms. The Morgan fingerprint density at radius 3 is 2.62 bits per heavy atom. The van der Waals surface area contributed by atoms with Gasteiger partial charge in [-0.05, 0) is 30.0 Å². The number of thiazole rings is 1. The largest absolute Gasteiger partial charge is 0.486 e. The highest BCUT2D eigenvalue weighted by molar-refractivity contribution is 8.02. The van der Waals surface area contributed by atoms with Crippen molar-refractivity contribution in [2.45, 2.75) is 28.0 Å². The highest BCUT2D eigenvalue weighted by Crippen LogP contribution is 2.30. The maximum absolute atomic E-state index is 12.8. The second-order valence-corrected chi connectivity index (χ2v) is 9.18. The summed E-state index contributed by atoms with van der Waals surface area (Å²) in [5, 5.41) is 11.2. The summed E-state index contributed by atoms with van der Waals surface area (Å²) in [5.74, 6) is 2.13. The van der Waals surface area contributed by atoms with Crippen LogP contribution in [0.4, 0.5) is 4.39 Å². The summed E-state index contributed by atoms with van der Waals surface area (Å²) in [6, 6.07) is 5.99. The lowest BCUT2D eigenvalue weighted by atomic mass is 10.3. The van der Waals surface area contributed by atoms with E-state index in [1.807, 2.05) is 5.38 Å². The molecule has 1 aromatic carbocycles. The quantitative estimate of drug-likeness (QED) is 0.490. The second kappa shape index (κ2) is 8.80. The van der Waals surface area contributed by atoms with E-state index in [0.717, 1.165) is 30.9 Å². The summed E-state index contributed by atoms with van der Waals surface area (Å²) in [6.07, 6.45) is 0. The zero-order chi connectivity index (χ0) is 16.8. The van der Waals surface area contributed by atoms with Crippen molar-refractivity contribution in [3.8, 4) is 5.75 Å². The fraction of sp³-hybridized carbons (Fsp3) is 0.267. The monoisotopic (exact) mass is 399 g/mol. The second-order valence-electron chi connectivity index (χ2n) is 4.53. The molecule has 0 atom stereocenters. The molecule has 0 aliphatic rings. The van der Waals surface area contributed by atoms with E-state index < -0.39 is 0 Å². The van der Waals surface area contributed by atoms with Crippen molar-refractivity contribution in [3.63, 3.8) is 0 Å². The van der Waals surface area contributed by atoms with Gasteiger partial charge in [0.25, 0.3) is 0 Å². The number of ether oxygens (including phenoxy) is 1. The lowest BCUT2D eigenvalue weighted by molar-refractivity contribution is 0.305. The van der Waals surface area contributed by atoms with Gasteiger partial charge in [-0.2, -0.15) is 0 Å². The first-order chi connectivity index (χ1) is 11.7. The Labute approximate surface area is 155 Å². The number of halogens is 1. The van der Waals surface area contributed by atoms with E-state index in [1.165, 1.54) is 12.1 Å². The number of benzene rings is 1. The van der Waals surface area contributed by atoms with Crippen LogP contribution < -0.4 is 4.74 Å². The van der Waals surface area contributed by atoms with Crippen molar-refractivity contribution < 1.29 is 9.13 Å². The molecule has 0 saturated heterocycles. The smallest absolute Gasteiger partial charge is 0.175 e. The normalized spacial score (nSPS) is 10.9. The molecule has 0 N–H and O–H groups in total. The van der Waals surface area contributed by atoms with Crippen LogP contribution in [0.15, 0.2) is 38.3 Å². The van der Waals surface area contributed by atoms with E-state index in [9.17, 15) is 4.39 Å². The van der Waals surface area contributed by atoms with E-state index in [0.29, 0.717) is 12.4 Å². The number of nitrogens with zero attached hydrogens (tertiary/aromatic N) is 3. The summed E-state index contributed by atoms with van der Waals surface area (Å²) >= 11 is 6.52. The average molecular weight is 400 g/mol. The minimum absolute atomic E-state index is 0.270. The fourth-order valence-corrected chi connectivity index (χ4v) is 5.35. The maximum Gasteiger partial charge on any atom is 0.175 e. The van der Waals surface area contributed by atoms with Crippen LogP contribution >= 0.6 is 46.2 Å². The van der Waals surface area contributed by atoms with Crippen molar-refractivity contribution in [1.82, 2.24) is 15.2 Å². The van der Waals surface area contributed by atoms with Gasteiger partial charge in [0, 0.05) is 11.1 Å². The standard InChI is InChI=1S/C15H14FN3OS4/c1-2-21-14-18-19-15(24-14)23-9-11-8-22-13(17-11)7-20-12-5-3-10(16)4-6-12/h3-6,8H,2,7,9H2,1H3. The van der Waals surface area contributed by atoms with E-state index >= 15 is 0 Å². The molecule has 0 amide bonds. The average Bonchev–Trinajstić information content (AvgIpc) is 3.22. The summed E-state index contributed by atoms with van der Waals surface area (Å²) in [5.41, 5.74) is 1.00. The van der Waals surface area contributed by atoms with Gasteiger partial charge >= 0.3 is 0 Å². The van der Waals surface area contributed by atoms with Crippen molar-refractivity contribution in [2.75, 3.05) is 5.75 Å². The highest BCUT2D eigenvalue weighted by Gasteiger charge is 2.08. The Hall–Kier alpha value is -1.16. The SMILES string of the molecule is CCSc1nnc(SCc2csc(COc3ccc(F)cc3)n2)s1. The number of hydrogen-bond donors (Lipinski definition) is 0. The third kappa shape index (κ3) is 5.17. The van der Waals surface area contributed by atoms with Gasteiger partial charge in [-0.15, -0.1) is 21.5 Å². The Balaban J connectivity index is 1.48. The molecule has 4 nitrogen and oxygen atoms in total. The summed E-state index contributed by atoms with van der Waals surface area (Å²) in [4.78, 5) is 4.55. The van der Waals surface area contributed by atoms with Gasteiger partial charge in [0.2, 0.25) is 0 Å². The van der Waals surface area contributed by atoms with Crippen LogP contribution in [0.5, 0.6) is 5.75 Å². The minimum atomic E-state index is -0.270. The van der Waals surface area contributed by atoms with Crippen molar-refractivity contribution in [1.29, 1.82) is 0 Å². The first-order valence-corrected chi connectivity index (χ1v) is 10.8. The molecule has 0 aliphatic carbocycles. The zero-order valence-corrected chi connectivity index (χ0v) is 16.0. The molecule has 2 heterocycles. The first-order valence-electron chi connectivity index (χ1n) is 7.13. The van der Waals surface area contributed by atoms with E-state index in [1.54, 1.807) is 58.3 Å². The third-order valence-electron chi connectivity index (χ3n) is 2.77. The molecule has 0 spiro atoms. The van der Waals surface area contributed by atoms with Gasteiger partial charge in [0.15, 0.2) is 8.68 Å². The van der Waals surface area contributed by atoms with Crippen LogP contribution in [0, 0.1) is 5.82 Å². The predicted molar refractivity (Wildman–Crippen MR) is 98.7 cm³/mol. The molecular weight excluding hydrogens is 385 g/mol. The van der Waals surface area contributed by atoms with Crippen LogP contribution in [0.3, 0.4) is 0 Å². The molecule has 3 aromatic rings. The van der Waals surface area contributed by atoms with Gasteiger partial charge in [-0.3, -0.25) is 0 Å². The maximum atomic E-state index is 12.8. The number of aromatic nitrogens is 3. The Kier molecular flexibility index (Phi) is 6.47. The molecule has 9 heteroatoms. The minimum Gasteiger partial charge on any atom is -0.486 e. The zero-order valence-electron chi connectivity index (χ0n) is 12.8. The molecule has 126 valence electrons. The van der Waals surface area contributed by atoms with E-state index in [2.05, 4.69) is 22.1 Å².